The number of aliphatic carboxylic acids is 2. The number of hydrogen-bond acceptors (Lipinski definition) is 6. The van der Waals surface area contributed by atoms with Gasteiger partial charge in [0.1, 0.15) is 11.5 Å². The number of nitrogens with two attached hydrogens (primary N) is 1. The van der Waals surface area contributed by atoms with E-state index >= 15 is 0 Å². The number of hydrogen-bond donors (Lipinski definition) is 3. The summed E-state index contributed by atoms with van der Waals surface area (Å²) in [6.07, 6.45) is 1.12. The number of carboxylic acid groups (broad SMARTS) is 2. The molecule has 27 heavy (non-hydrogen) atoms. The van der Waals surface area contributed by atoms with E-state index in [0.29, 0.717) is 18.7 Å². The highest BCUT2D eigenvalue weighted by molar-refractivity contribution is 7.99. The van der Waals surface area contributed by atoms with Gasteiger partial charge in [-0.25, -0.2) is 9.59 Å². The van der Waals surface area contributed by atoms with Crippen LogP contribution in [0.1, 0.15) is 5.56 Å². The molecule has 0 spiro atoms. The summed E-state index contributed by atoms with van der Waals surface area (Å²) in [7, 11) is 3.30. The molecular weight excluding hydrogens is 370 g/mol. The van der Waals surface area contributed by atoms with E-state index < -0.39 is 11.9 Å². The first-order chi connectivity index (χ1) is 12.9. The average Bonchev–Trinajstić information content (AvgIpc) is 2.67. The van der Waals surface area contributed by atoms with Gasteiger partial charge < -0.3 is 25.4 Å². The topological polar surface area (TPSA) is 119 Å². The van der Waals surface area contributed by atoms with Crippen LogP contribution in [0, 0.1) is 0 Å². The molecule has 7 nitrogen and oxygen atoms in total. The maximum Gasteiger partial charge on any atom is 0.328 e. The first kappa shape index (κ1) is 22.1. The van der Waals surface area contributed by atoms with Crippen LogP contribution >= 0.6 is 11.8 Å². The Morgan fingerprint density at radius 3 is 2.15 bits per heavy atom. The fourth-order valence-corrected chi connectivity index (χ4v) is 2.94. The van der Waals surface area contributed by atoms with E-state index in [-0.39, 0.29) is 0 Å². The van der Waals surface area contributed by atoms with E-state index in [4.69, 9.17) is 25.4 Å². The third kappa shape index (κ3) is 7.85. The molecule has 0 amide bonds. The molecule has 2 aromatic rings. The molecule has 8 heteroatoms. The van der Waals surface area contributed by atoms with Crippen molar-refractivity contribution in [2.24, 2.45) is 5.73 Å². The molecule has 0 fully saturated rings. The summed E-state index contributed by atoms with van der Waals surface area (Å²) in [4.78, 5) is 21.3. The molecule has 144 valence electrons. The molecule has 0 unspecified atom stereocenters. The molecule has 2 aromatic carbocycles. The van der Waals surface area contributed by atoms with Crippen molar-refractivity contribution in [1.29, 1.82) is 0 Å². The van der Waals surface area contributed by atoms with Crippen LogP contribution in [-0.4, -0.2) is 36.4 Å². The SMILES string of the molecule is COc1ccc(Sc2ccccc2CN)c(OC)c1.O=C(O)/C=C\C(=O)O. The third-order valence-electron chi connectivity index (χ3n) is 3.15. The van der Waals surface area contributed by atoms with Gasteiger partial charge in [-0.3, -0.25) is 0 Å². The largest absolute Gasteiger partial charge is 0.497 e. The summed E-state index contributed by atoms with van der Waals surface area (Å²) >= 11 is 1.65. The van der Waals surface area contributed by atoms with Crippen LogP contribution in [-0.2, 0) is 16.1 Å². The minimum atomic E-state index is -1.26. The van der Waals surface area contributed by atoms with Crippen LogP contribution in [0.5, 0.6) is 11.5 Å². The Kier molecular flexibility index (Phi) is 9.49. The van der Waals surface area contributed by atoms with Gasteiger partial charge in [0.05, 0.1) is 19.1 Å². The summed E-state index contributed by atoms with van der Waals surface area (Å²) in [5.41, 5.74) is 6.89. The second-order valence-corrected chi connectivity index (χ2v) is 6.02. The van der Waals surface area contributed by atoms with Crippen LogP contribution in [0.25, 0.3) is 0 Å². The minimum absolute atomic E-state index is 0.529. The predicted octanol–water partition coefficient (Wildman–Crippen LogP) is 3.03. The molecule has 0 aromatic heterocycles. The van der Waals surface area contributed by atoms with Crippen molar-refractivity contribution < 1.29 is 29.3 Å². The van der Waals surface area contributed by atoms with E-state index in [1.54, 1.807) is 26.0 Å². The summed E-state index contributed by atoms with van der Waals surface area (Å²) in [5.74, 6) is -0.927. The smallest absolute Gasteiger partial charge is 0.328 e. The van der Waals surface area contributed by atoms with Crippen LogP contribution in [0.3, 0.4) is 0 Å². The van der Waals surface area contributed by atoms with Gasteiger partial charge in [-0.15, -0.1) is 0 Å². The van der Waals surface area contributed by atoms with E-state index in [2.05, 4.69) is 6.07 Å². The Bertz CT molecular complexity index is 791. The lowest BCUT2D eigenvalue weighted by Crippen LogP contribution is -1.98. The van der Waals surface area contributed by atoms with Crippen LogP contribution < -0.4 is 15.2 Å². The highest BCUT2D eigenvalue weighted by Gasteiger charge is 2.09. The molecule has 0 aliphatic heterocycles. The van der Waals surface area contributed by atoms with Crippen LogP contribution in [0.15, 0.2) is 64.4 Å². The lowest BCUT2D eigenvalue weighted by molar-refractivity contribution is -0.134. The van der Waals surface area contributed by atoms with Gasteiger partial charge in [0.15, 0.2) is 0 Å². The molecule has 0 saturated carbocycles. The highest BCUT2D eigenvalue weighted by Crippen LogP contribution is 2.38. The number of carboxylic acids is 2. The zero-order valence-electron chi connectivity index (χ0n) is 14.9. The first-order valence-electron chi connectivity index (χ1n) is 7.73. The standard InChI is InChI=1S/C15H17NO2S.C4H4O4/c1-17-12-7-8-15(13(9-12)18-2)19-14-6-4-3-5-11(14)10-16;5-3(6)1-2-4(7)8/h3-9H,10,16H2,1-2H3;1-2H,(H,5,6)(H,7,8)/b;2-1-. The molecule has 0 atom stereocenters. The lowest BCUT2D eigenvalue weighted by atomic mass is 10.2. The van der Waals surface area contributed by atoms with Crippen molar-refractivity contribution in [2.45, 2.75) is 16.3 Å². The minimum Gasteiger partial charge on any atom is -0.497 e. The molecule has 4 N–H and O–H groups in total. The highest BCUT2D eigenvalue weighted by atomic mass is 32.2. The third-order valence-corrected chi connectivity index (χ3v) is 4.33. The molecule has 0 aliphatic rings. The van der Waals surface area contributed by atoms with E-state index in [1.807, 2.05) is 36.4 Å². The normalized spacial score (nSPS) is 10.0. The Labute approximate surface area is 161 Å². The molecule has 0 radical (unpaired) electrons. The van der Waals surface area contributed by atoms with E-state index in [9.17, 15) is 9.59 Å². The second-order valence-electron chi connectivity index (χ2n) is 4.94. The molecule has 2 rings (SSSR count). The maximum absolute atomic E-state index is 9.55. The van der Waals surface area contributed by atoms with Crippen molar-refractivity contribution in [3.8, 4) is 11.5 Å². The molecule has 0 bridgehead atoms. The van der Waals surface area contributed by atoms with Gasteiger partial charge in [-0.1, -0.05) is 30.0 Å². The summed E-state index contributed by atoms with van der Waals surface area (Å²) < 4.78 is 10.6. The van der Waals surface area contributed by atoms with Gasteiger partial charge in [-0.2, -0.15) is 0 Å². The fraction of sp³-hybridized carbons (Fsp3) is 0.158. The Morgan fingerprint density at radius 2 is 1.63 bits per heavy atom. The first-order valence-corrected chi connectivity index (χ1v) is 8.54. The zero-order chi connectivity index (χ0) is 20.2. The number of ether oxygens (including phenoxy) is 2. The van der Waals surface area contributed by atoms with Crippen LogP contribution in [0.4, 0.5) is 0 Å². The fourth-order valence-electron chi connectivity index (χ4n) is 1.89. The number of benzene rings is 2. The van der Waals surface area contributed by atoms with Gasteiger partial charge in [0.2, 0.25) is 0 Å². The summed E-state index contributed by atoms with van der Waals surface area (Å²) in [6.45, 7) is 0.529. The van der Waals surface area contributed by atoms with Crippen molar-refractivity contribution in [3.05, 3.63) is 60.2 Å². The number of methoxy groups -OCH3 is 2. The number of rotatable bonds is 7. The molecule has 0 aliphatic carbocycles. The van der Waals surface area contributed by atoms with Gasteiger partial charge in [-0.05, 0) is 23.8 Å². The Balaban J connectivity index is 0.000000387. The monoisotopic (exact) mass is 391 g/mol. The Hall–Kier alpha value is -2.97. The maximum atomic E-state index is 9.55. The van der Waals surface area contributed by atoms with Crippen molar-refractivity contribution in [2.75, 3.05) is 14.2 Å². The predicted molar refractivity (Wildman–Crippen MR) is 102 cm³/mol. The van der Waals surface area contributed by atoms with Gasteiger partial charge >= 0.3 is 11.9 Å². The van der Waals surface area contributed by atoms with Crippen molar-refractivity contribution >= 4 is 23.7 Å². The molecule has 0 heterocycles. The average molecular weight is 391 g/mol. The van der Waals surface area contributed by atoms with E-state index in [1.165, 1.54) is 0 Å². The van der Waals surface area contributed by atoms with Crippen molar-refractivity contribution in [1.82, 2.24) is 0 Å². The number of carbonyl (C=O) groups is 2. The Morgan fingerprint density at radius 1 is 1.00 bits per heavy atom. The second kappa shape index (κ2) is 11.6. The van der Waals surface area contributed by atoms with Crippen LogP contribution in [0.2, 0.25) is 0 Å². The van der Waals surface area contributed by atoms with E-state index in [0.717, 1.165) is 26.9 Å². The molecular formula is C19H21NO6S. The lowest BCUT2D eigenvalue weighted by Gasteiger charge is -2.11. The van der Waals surface area contributed by atoms with Crippen molar-refractivity contribution in [3.63, 3.8) is 0 Å². The van der Waals surface area contributed by atoms with Gasteiger partial charge in [0.25, 0.3) is 0 Å². The summed E-state index contributed by atoms with van der Waals surface area (Å²) in [5, 5.41) is 15.6. The zero-order valence-corrected chi connectivity index (χ0v) is 15.7. The molecule has 0 saturated heterocycles. The quantitative estimate of drug-likeness (QED) is 0.616. The summed E-state index contributed by atoms with van der Waals surface area (Å²) in [6, 6.07) is 13.9. The van der Waals surface area contributed by atoms with Gasteiger partial charge in [0, 0.05) is 29.7 Å².